The van der Waals surface area contributed by atoms with Gasteiger partial charge in [0.25, 0.3) is 0 Å². The molecule has 0 aliphatic heterocycles. The second-order valence-corrected chi connectivity index (χ2v) is 15.0. The second-order valence-electron chi connectivity index (χ2n) is 13.9. The number of benzene rings is 3. The third-order valence-electron chi connectivity index (χ3n) is 9.88. The van der Waals surface area contributed by atoms with Crippen molar-refractivity contribution in [3.63, 3.8) is 0 Å². The number of allylic oxidation sites excluding steroid dienone is 2. The predicted octanol–water partition coefficient (Wildman–Crippen LogP) is 12.6. The van der Waals surface area contributed by atoms with Gasteiger partial charge in [0.2, 0.25) is 0 Å². The van der Waals surface area contributed by atoms with Crippen LogP contribution in [-0.2, 0) is 30.3 Å². The fourth-order valence-electron chi connectivity index (χ4n) is 5.51. The van der Waals surface area contributed by atoms with E-state index in [1.54, 1.807) is 17.6 Å². The minimum Gasteiger partial charge on any atom is -0.512 e. The minimum atomic E-state index is -0.337. The predicted molar refractivity (Wildman–Crippen MR) is 203 cm³/mol. The number of hydrogen-bond acceptors (Lipinski definition) is 5. The third kappa shape index (κ3) is 8.83. The van der Waals surface area contributed by atoms with Crippen molar-refractivity contribution in [2.45, 2.75) is 93.4 Å². The van der Waals surface area contributed by atoms with Crippen molar-refractivity contribution >= 4 is 61.2 Å². The van der Waals surface area contributed by atoms with Gasteiger partial charge in [-0.2, -0.15) is 0 Å². The molecule has 2 heterocycles. The molecule has 5 rings (SSSR count). The molecular formula is C42H50IrNO3S-. The second kappa shape index (κ2) is 16.4. The summed E-state index contributed by atoms with van der Waals surface area (Å²) < 4.78 is 6.87. The summed E-state index contributed by atoms with van der Waals surface area (Å²) in [7, 11) is 0. The molecule has 4 nitrogen and oxygen atoms in total. The van der Waals surface area contributed by atoms with Gasteiger partial charge in [-0.05, 0) is 67.7 Å². The van der Waals surface area contributed by atoms with E-state index in [-0.39, 0.29) is 47.9 Å². The quantitative estimate of drug-likeness (QED) is 0.0659. The number of hydrogen-bond donors (Lipinski definition) is 1. The van der Waals surface area contributed by atoms with Crippen molar-refractivity contribution in [1.29, 1.82) is 0 Å². The van der Waals surface area contributed by atoms with Crippen LogP contribution in [0.5, 0.6) is 0 Å². The first-order chi connectivity index (χ1) is 22.3. The minimum absolute atomic E-state index is 0. The Labute approximate surface area is 304 Å². The molecule has 0 fully saturated rings. The van der Waals surface area contributed by atoms with Crippen LogP contribution in [0.15, 0.2) is 88.3 Å². The van der Waals surface area contributed by atoms with Gasteiger partial charge in [-0.1, -0.05) is 85.9 Å². The standard InChI is InChI=1S/C27H22NOS.C15H28O2.Ir/c1-27(2,3)24-15-18(14-20-6-4-5-7-22(20)24)17-28-12-10-21-16-23-25(30-21)9-8-19-11-13-29-26(19)23;1-7-14(5,8-2)12(16)11-13(17)15(6,9-3)10-4;/h4-13,15-17H,1-3H3;11,16H,7-10H2,1-6H3;/q-1;;/b12-10-,28-17?;12-11-;. The van der Waals surface area contributed by atoms with Crippen LogP contribution in [0.1, 0.15) is 104 Å². The Hall–Kier alpha value is -3.31. The zero-order valence-corrected chi connectivity index (χ0v) is 33.1. The van der Waals surface area contributed by atoms with Gasteiger partial charge in [-0.15, -0.1) is 46.0 Å². The van der Waals surface area contributed by atoms with Crippen LogP contribution in [0.3, 0.4) is 0 Å². The Morgan fingerprint density at radius 2 is 1.56 bits per heavy atom. The maximum atomic E-state index is 12.2. The first-order valence-corrected chi connectivity index (χ1v) is 17.6. The molecule has 1 radical (unpaired) electrons. The summed E-state index contributed by atoms with van der Waals surface area (Å²) in [6.45, 7) is 18.8. The SMILES string of the molecule is CC(C)(C)c1cc(C=N/C=C\c2cc3c(ccc4ccoc43)s2)[c-]c2ccccc12.CCC(C)(CC)C(=O)/C=C(\O)C(C)(CC)CC.[Ir]. The average Bonchev–Trinajstić information content (AvgIpc) is 3.72. The monoisotopic (exact) mass is 841 g/mol. The molecule has 2 aromatic heterocycles. The van der Waals surface area contributed by atoms with Crippen LogP contribution in [-0.4, -0.2) is 17.1 Å². The molecule has 0 amide bonds. The summed E-state index contributed by atoms with van der Waals surface area (Å²) in [4.78, 5) is 17.9. The van der Waals surface area contributed by atoms with Crippen LogP contribution in [0, 0.1) is 16.9 Å². The summed E-state index contributed by atoms with van der Waals surface area (Å²) >= 11 is 1.74. The van der Waals surface area contributed by atoms with Crippen molar-refractivity contribution in [3.8, 4) is 0 Å². The van der Waals surface area contributed by atoms with Gasteiger partial charge in [0, 0.05) is 63.6 Å². The van der Waals surface area contributed by atoms with E-state index in [1.807, 2.05) is 66.1 Å². The fourth-order valence-corrected chi connectivity index (χ4v) is 6.47. The Bertz CT molecular complexity index is 1930. The van der Waals surface area contributed by atoms with E-state index in [2.05, 4.69) is 80.4 Å². The molecule has 0 aliphatic carbocycles. The number of carbonyl (C=O) groups is 1. The molecule has 0 unspecified atom stereocenters. The number of thiophene rings is 1. The number of carbonyl (C=O) groups excluding carboxylic acids is 1. The zero-order valence-electron chi connectivity index (χ0n) is 29.9. The largest absolute Gasteiger partial charge is 0.512 e. The molecule has 257 valence electrons. The van der Waals surface area contributed by atoms with Gasteiger partial charge in [-0.3, -0.25) is 4.79 Å². The third-order valence-corrected chi connectivity index (χ3v) is 10.9. The van der Waals surface area contributed by atoms with Crippen LogP contribution >= 0.6 is 11.3 Å². The van der Waals surface area contributed by atoms with Gasteiger partial charge >= 0.3 is 0 Å². The molecule has 0 saturated carbocycles. The molecule has 3 aromatic carbocycles. The first kappa shape index (κ1) is 39.1. The van der Waals surface area contributed by atoms with E-state index >= 15 is 0 Å². The molecule has 0 atom stereocenters. The van der Waals surface area contributed by atoms with Crippen molar-refractivity contribution in [3.05, 3.63) is 101 Å². The normalized spacial score (nSPS) is 13.0. The first-order valence-electron chi connectivity index (χ1n) is 16.8. The maximum Gasteiger partial charge on any atom is 0.164 e. The van der Waals surface area contributed by atoms with Crippen molar-refractivity contribution < 1.29 is 34.4 Å². The average molecular weight is 841 g/mol. The number of nitrogens with zero attached hydrogens (tertiary/aromatic N) is 1. The summed E-state index contributed by atoms with van der Waals surface area (Å²) in [6.07, 6.45) is 12.3. The Balaban J connectivity index is 0.000000301. The number of furan rings is 1. The summed E-state index contributed by atoms with van der Waals surface area (Å²) in [5.74, 6) is 0.286. The van der Waals surface area contributed by atoms with Gasteiger partial charge in [0.15, 0.2) is 5.78 Å². The van der Waals surface area contributed by atoms with Gasteiger partial charge < -0.3 is 14.5 Å². The number of aliphatic hydroxyl groups excluding tert-OH is 1. The Morgan fingerprint density at radius 1 is 0.896 bits per heavy atom. The van der Waals surface area contributed by atoms with Gasteiger partial charge in [0.05, 0.1) is 6.26 Å². The number of rotatable bonds is 10. The van der Waals surface area contributed by atoms with Crippen LogP contribution in [0.2, 0.25) is 0 Å². The summed E-state index contributed by atoms with van der Waals surface area (Å²) in [5, 5.41) is 14.8. The Morgan fingerprint density at radius 3 is 2.21 bits per heavy atom. The van der Waals surface area contributed by atoms with Crippen molar-refractivity contribution in [2.24, 2.45) is 15.8 Å². The molecular weight excluding hydrogens is 791 g/mol. The molecule has 1 N–H and O–H groups in total. The molecule has 0 spiro atoms. The molecule has 0 saturated heterocycles. The summed E-state index contributed by atoms with van der Waals surface area (Å²) in [6, 6.07) is 22.5. The van der Waals surface area contributed by atoms with E-state index in [0.717, 1.165) is 57.9 Å². The number of aliphatic hydroxyl groups is 1. The van der Waals surface area contributed by atoms with Gasteiger partial charge in [0.1, 0.15) is 11.3 Å². The smallest absolute Gasteiger partial charge is 0.164 e. The fraction of sp³-hybridized carbons (Fsp3) is 0.381. The molecule has 5 aromatic rings. The van der Waals surface area contributed by atoms with E-state index in [0.29, 0.717) is 0 Å². The number of fused-ring (bicyclic) bond motifs is 4. The Kier molecular flexibility index (Phi) is 13.4. The molecule has 6 heteroatoms. The van der Waals surface area contributed by atoms with E-state index < -0.39 is 0 Å². The molecule has 0 bridgehead atoms. The van der Waals surface area contributed by atoms with Crippen LogP contribution in [0.4, 0.5) is 0 Å². The van der Waals surface area contributed by atoms with Crippen molar-refractivity contribution in [2.75, 3.05) is 0 Å². The van der Waals surface area contributed by atoms with E-state index in [1.165, 1.54) is 21.7 Å². The van der Waals surface area contributed by atoms with E-state index in [9.17, 15) is 9.90 Å². The summed E-state index contributed by atoms with van der Waals surface area (Å²) in [5.41, 5.74) is 2.72. The number of ketones is 1. The van der Waals surface area contributed by atoms with Crippen LogP contribution in [0.25, 0.3) is 37.9 Å². The zero-order chi connectivity index (χ0) is 34.4. The molecule has 0 aliphatic rings. The number of aliphatic imine (C=N–C) groups is 1. The molecule has 48 heavy (non-hydrogen) atoms. The van der Waals surface area contributed by atoms with Crippen molar-refractivity contribution in [1.82, 2.24) is 0 Å². The van der Waals surface area contributed by atoms with E-state index in [4.69, 9.17) is 4.42 Å². The van der Waals surface area contributed by atoms with Crippen LogP contribution < -0.4 is 0 Å². The van der Waals surface area contributed by atoms with Gasteiger partial charge in [-0.25, -0.2) is 0 Å². The topological polar surface area (TPSA) is 62.8 Å². The maximum absolute atomic E-state index is 12.2.